The van der Waals surface area contributed by atoms with Crippen molar-refractivity contribution in [3.8, 4) is 0 Å². The van der Waals surface area contributed by atoms with E-state index in [-0.39, 0.29) is 0 Å². The standard InChI is InChI=1S/C14H19Cl2NO/c1-17-13(10-5-7-18-8-6-10)9-11-3-2-4-12(15)14(11)16/h2-4,10,13,17H,5-9H2,1H3. The first kappa shape index (κ1) is 14.1. The molecule has 1 unspecified atom stereocenters. The fraction of sp³-hybridized carbons (Fsp3) is 0.571. The number of benzene rings is 1. The molecule has 1 aromatic carbocycles. The largest absolute Gasteiger partial charge is 0.381 e. The zero-order valence-electron chi connectivity index (χ0n) is 10.6. The van der Waals surface area contributed by atoms with Gasteiger partial charge in [0.05, 0.1) is 10.0 Å². The van der Waals surface area contributed by atoms with Crippen molar-refractivity contribution in [3.63, 3.8) is 0 Å². The average molecular weight is 288 g/mol. The third kappa shape index (κ3) is 3.39. The van der Waals surface area contributed by atoms with Crippen molar-refractivity contribution in [3.05, 3.63) is 33.8 Å². The maximum Gasteiger partial charge on any atom is 0.0624 e. The topological polar surface area (TPSA) is 21.3 Å². The summed E-state index contributed by atoms with van der Waals surface area (Å²) in [5, 5.41) is 4.73. The van der Waals surface area contributed by atoms with Crippen LogP contribution in [0.1, 0.15) is 18.4 Å². The van der Waals surface area contributed by atoms with Gasteiger partial charge in [0.2, 0.25) is 0 Å². The highest BCUT2D eigenvalue weighted by Crippen LogP contribution is 2.29. The summed E-state index contributed by atoms with van der Waals surface area (Å²) < 4.78 is 5.41. The molecule has 1 atom stereocenters. The molecular weight excluding hydrogens is 269 g/mol. The summed E-state index contributed by atoms with van der Waals surface area (Å²) in [5.74, 6) is 0.652. The predicted octanol–water partition coefficient (Wildman–Crippen LogP) is 3.55. The highest BCUT2D eigenvalue weighted by atomic mass is 35.5. The van der Waals surface area contributed by atoms with Crippen molar-refractivity contribution in [2.75, 3.05) is 20.3 Å². The quantitative estimate of drug-likeness (QED) is 0.914. The van der Waals surface area contributed by atoms with Gasteiger partial charge in [-0.25, -0.2) is 0 Å². The lowest BCUT2D eigenvalue weighted by Gasteiger charge is -2.30. The van der Waals surface area contributed by atoms with Crippen molar-refractivity contribution in [1.29, 1.82) is 0 Å². The van der Waals surface area contributed by atoms with Crippen LogP contribution in [-0.4, -0.2) is 26.3 Å². The van der Waals surface area contributed by atoms with E-state index < -0.39 is 0 Å². The molecule has 2 nitrogen and oxygen atoms in total. The molecule has 1 fully saturated rings. The van der Waals surface area contributed by atoms with Gasteiger partial charge in [-0.2, -0.15) is 0 Å². The maximum absolute atomic E-state index is 6.25. The molecule has 0 radical (unpaired) electrons. The third-order valence-electron chi connectivity index (χ3n) is 3.68. The molecule has 1 aromatic rings. The minimum absolute atomic E-state index is 0.435. The van der Waals surface area contributed by atoms with E-state index >= 15 is 0 Å². The first-order valence-corrected chi connectivity index (χ1v) is 7.16. The van der Waals surface area contributed by atoms with Crippen LogP contribution in [-0.2, 0) is 11.2 Å². The molecular formula is C14H19Cl2NO. The Hall–Kier alpha value is -0.280. The Morgan fingerprint density at radius 2 is 2.06 bits per heavy atom. The minimum Gasteiger partial charge on any atom is -0.381 e. The lowest BCUT2D eigenvalue weighted by molar-refractivity contribution is 0.0547. The minimum atomic E-state index is 0.435. The van der Waals surface area contributed by atoms with E-state index in [2.05, 4.69) is 11.4 Å². The molecule has 0 spiro atoms. The molecule has 0 saturated carbocycles. The summed E-state index contributed by atoms with van der Waals surface area (Å²) in [6.07, 6.45) is 3.15. The molecule has 0 aliphatic carbocycles. The number of ether oxygens (including phenoxy) is 1. The Bertz CT molecular complexity index is 391. The molecule has 1 heterocycles. The Morgan fingerprint density at radius 3 is 2.72 bits per heavy atom. The summed E-state index contributed by atoms with van der Waals surface area (Å²) >= 11 is 12.3. The van der Waals surface area contributed by atoms with Crippen LogP contribution in [0, 0.1) is 5.92 Å². The Balaban J connectivity index is 2.07. The molecule has 0 aromatic heterocycles. The van der Waals surface area contributed by atoms with Crippen LogP contribution >= 0.6 is 23.2 Å². The SMILES string of the molecule is CNC(Cc1cccc(Cl)c1Cl)C1CCOCC1. The fourth-order valence-corrected chi connectivity index (χ4v) is 2.96. The van der Waals surface area contributed by atoms with Gasteiger partial charge in [0, 0.05) is 19.3 Å². The van der Waals surface area contributed by atoms with Gasteiger partial charge in [0.15, 0.2) is 0 Å². The van der Waals surface area contributed by atoms with Crippen molar-refractivity contribution < 1.29 is 4.74 Å². The van der Waals surface area contributed by atoms with Crippen molar-refractivity contribution in [1.82, 2.24) is 5.32 Å². The smallest absolute Gasteiger partial charge is 0.0624 e. The van der Waals surface area contributed by atoms with Crippen molar-refractivity contribution in [2.24, 2.45) is 5.92 Å². The van der Waals surface area contributed by atoms with Crippen molar-refractivity contribution in [2.45, 2.75) is 25.3 Å². The Labute approximate surface area is 119 Å². The summed E-state index contributed by atoms with van der Waals surface area (Å²) in [5.41, 5.74) is 1.12. The lowest BCUT2D eigenvalue weighted by Crippen LogP contribution is -2.38. The highest BCUT2D eigenvalue weighted by molar-refractivity contribution is 6.42. The number of halogens is 2. The third-order valence-corrected chi connectivity index (χ3v) is 4.54. The van der Waals surface area contributed by atoms with E-state index in [4.69, 9.17) is 27.9 Å². The highest BCUT2D eigenvalue weighted by Gasteiger charge is 2.23. The van der Waals surface area contributed by atoms with Gasteiger partial charge in [-0.1, -0.05) is 35.3 Å². The normalized spacial score (nSPS) is 18.8. The monoisotopic (exact) mass is 287 g/mol. The van der Waals surface area contributed by atoms with E-state index in [0.29, 0.717) is 22.0 Å². The van der Waals surface area contributed by atoms with E-state index in [9.17, 15) is 0 Å². The second kappa shape index (κ2) is 6.76. The Morgan fingerprint density at radius 1 is 1.33 bits per heavy atom. The molecule has 4 heteroatoms. The summed E-state index contributed by atoms with van der Waals surface area (Å²) in [4.78, 5) is 0. The van der Waals surface area contributed by atoms with Crippen LogP contribution in [0.15, 0.2) is 18.2 Å². The van der Waals surface area contributed by atoms with Crippen LogP contribution in [0.5, 0.6) is 0 Å². The van der Waals surface area contributed by atoms with Gasteiger partial charge < -0.3 is 10.1 Å². The molecule has 1 N–H and O–H groups in total. The van der Waals surface area contributed by atoms with Crippen LogP contribution in [0.25, 0.3) is 0 Å². The van der Waals surface area contributed by atoms with E-state index in [1.807, 2.05) is 19.2 Å². The van der Waals surface area contributed by atoms with Crippen LogP contribution in [0.3, 0.4) is 0 Å². The van der Waals surface area contributed by atoms with E-state index in [1.54, 1.807) is 0 Å². The maximum atomic E-state index is 6.25. The molecule has 1 aliphatic heterocycles. The number of hydrogen-bond acceptors (Lipinski definition) is 2. The second-order valence-electron chi connectivity index (χ2n) is 4.76. The van der Waals surface area contributed by atoms with Crippen LogP contribution in [0.4, 0.5) is 0 Å². The van der Waals surface area contributed by atoms with Gasteiger partial charge in [0.25, 0.3) is 0 Å². The lowest BCUT2D eigenvalue weighted by atomic mass is 9.88. The second-order valence-corrected chi connectivity index (χ2v) is 5.55. The molecule has 1 saturated heterocycles. The molecule has 2 rings (SSSR count). The zero-order valence-corrected chi connectivity index (χ0v) is 12.1. The van der Waals surface area contributed by atoms with Gasteiger partial charge >= 0.3 is 0 Å². The molecule has 1 aliphatic rings. The number of likely N-dealkylation sites (N-methyl/N-ethyl adjacent to an activating group) is 1. The van der Waals surface area contributed by atoms with E-state index in [1.165, 1.54) is 0 Å². The Kier molecular flexibility index (Phi) is 5.31. The van der Waals surface area contributed by atoms with Crippen molar-refractivity contribution >= 4 is 23.2 Å². The summed E-state index contributed by atoms with van der Waals surface area (Å²) in [7, 11) is 2.01. The number of hydrogen-bond donors (Lipinski definition) is 1. The van der Waals surface area contributed by atoms with Gasteiger partial charge in [-0.3, -0.25) is 0 Å². The summed E-state index contributed by atoms with van der Waals surface area (Å²) in [6.45, 7) is 1.73. The first-order chi connectivity index (χ1) is 8.72. The van der Waals surface area contributed by atoms with Crippen LogP contribution in [0.2, 0.25) is 10.0 Å². The molecule has 0 bridgehead atoms. The molecule has 100 valence electrons. The predicted molar refractivity (Wildman–Crippen MR) is 76.6 cm³/mol. The summed E-state index contributed by atoms with van der Waals surface area (Å²) in [6, 6.07) is 6.28. The fourth-order valence-electron chi connectivity index (χ4n) is 2.57. The average Bonchev–Trinajstić information content (AvgIpc) is 2.41. The molecule has 18 heavy (non-hydrogen) atoms. The number of rotatable bonds is 4. The molecule has 0 amide bonds. The van der Waals surface area contributed by atoms with Crippen LogP contribution < -0.4 is 5.32 Å². The van der Waals surface area contributed by atoms with Gasteiger partial charge in [0.1, 0.15) is 0 Å². The van der Waals surface area contributed by atoms with E-state index in [0.717, 1.165) is 38.0 Å². The first-order valence-electron chi connectivity index (χ1n) is 6.40. The van der Waals surface area contributed by atoms with Gasteiger partial charge in [-0.15, -0.1) is 0 Å². The number of nitrogens with one attached hydrogen (secondary N) is 1. The van der Waals surface area contributed by atoms with Gasteiger partial charge in [-0.05, 0) is 43.9 Å². The zero-order chi connectivity index (χ0) is 13.0.